The smallest absolute Gasteiger partial charge is 0.241 e. The first-order valence-corrected chi connectivity index (χ1v) is 8.98. The topological polar surface area (TPSA) is 44.4 Å². The number of nitrogens with one attached hydrogen (secondary N) is 2. The lowest BCUT2D eigenvalue weighted by molar-refractivity contribution is -0.134. The predicted molar refractivity (Wildman–Crippen MR) is 93.0 cm³/mol. The van der Waals surface area contributed by atoms with Crippen molar-refractivity contribution >= 4 is 5.91 Å². The molecule has 2 fully saturated rings. The average Bonchev–Trinajstić information content (AvgIpc) is 3.19. The quantitative estimate of drug-likeness (QED) is 0.898. The van der Waals surface area contributed by atoms with Crippen LogP contribution in [0.5, 0.6) is 0 Å². The van der Waals surface area contributed by atoms with Gasteiger partial charge in [-0.15, -0.1) is 0 Å². The van der Waals surface area contributed by atoms with Gasteiger partial charge in [-0.05, 0) is 56.2 Å². The fourth-order valence-corrected chi connectivity index (χ4v) is 3.87. The van der Waals surface area contributed by atoms with E-state index in [4.69, 9.17) is 0 Å². The van der Waals surface area contributed by atoms with Crippen LogP contribution in [0.4, 0.5) is 0 Å². The van der Waals surface area contributed by atoms with Crippen LogP contribution in [0.1, 0.15) is 61.8 Å². The van der Waals surface area contributed by atoms with E-state index in [9.17, 15) is 4.79 Å². The molecule has 1 amide bonds. The fourth-order valence-electron chi connectivity index (χ4n) is 3.87. The van der Waals surface area contributed by atoms with Crippen LogP contribution in [0.25, 0.3) is 0 Å². The van der Waals surface area contributed by atoms with Crippen LogP contribution in [0.3, 0.4) is 0 Å². The van der Waals surface area contributed by atoms with Gasteiger partial charge in [0, 0.05) is 12.6 Å². The molecule has 2 saturated heterocycles. The van der Waals surface area contributed by atoms with Crippen molar-refractivity contribution in [1.29, 1.82) is 0 Å². The number of hydrogen-bond acceptors (Lipinski definition) is 3. The van der Waals surface area contributed by atoms with Gasteiger partial charge < -0.3 is 4.90 Å². The van der Waals surface area contributed by atoms with Crippen LogP contribution in [0, 0.1) is 13.8 Å². The van der Waals surface area contributed by atoms with Gasteiger partial charge in [0.15, 0.2) is 0 Å². The average molecular weight is 315 g/mol. The van der Waals surface area contributed by atoms with Crippen molar-refractivity contribution in [2.24, 2.45) is 0 Å². The summed E-state index contributed by atoms with van der Waals surface area (Å²) in [4.78, 5) is 15.1. The summed E-state index contributed by atoms with van der Waals surface area (Å²) in [7, 11) is 0. The molecule has 0 spiro atoms. The van der Waals surface area contributed by atoms with E-state index in [1.54, 1.807) is 0 Å². The molecule has 4 nitrogen and oxygen atoms in total. The maximum Gasteiger partial charge on any atom is 0.241 e. The molecule has 0 radical (unpaired) electrons. The molecule has 2 aliphatic rings. The molecule has 23 heavy (non-hydrogen) atoms. The highest BCUT2D eigenvalue weighted by molar-refractivity contribution is 5.83. The maximum atomic E-state index is 13.0. The lowest BCUT2D eigenvalue weighted by Gasteiger charge is -2.28. The lowest BCUT2D eigenvalue weighted by Crippen LogP contribution is -2.45. The van der Waals surface area contributed by atoms with Gasteiger partial charge in [-0.1, -0.05) is 31.5 Å². The molecule has 126 valence electrons. The standard InChI is InChI=1S/C19H29N3O/c1-4-6-16-12-17(21-20-16)19(23)22-10-5-7-18(22)15-9-8-13(2)14(3)11-15/h8-9,11,16-18,20-21H,4-7,10,12H2,1-3H3. The third-order valence-electron chi connectivity index (χ3n) is 5.37. The second-order valence-electron chi connectivity index (χ2n) is 7.10. The molecular formula is C19H29N3O. The highest BCUT2D eigenvalue weighted by Crippen LogP contribution is 2.33. The van der Waals surface area contributed by atoms with Crippen LogP contribution in [-0.2, 0) is 4.79 Å². The lowest BCUT2D eigenvalue weighted by atomic mass is 9.98. The van der Waals surface area contributed by atoms with Gasteiger partial charge in [-0.25, -0.2) is 5.43 Å². The molecule has 0 bridgehead atoms. The number of hydrogen-bond donors (Lipinski definition) is 2. The zero-order valence-electron chi connectivity index (χ0n) is 14.6. The highest BCUT2D eigenvalue weighted by Gasteiger charge is 2.37. The number of likely N-dealkylation sites (tertiary alicyclic amines) is 1. The van der Waals surface area contributed by atoms with Crippen molar-refractivity contribution in [3.8, 4) is 0 Å². The van der Waals surface area contributed by atoms with E-state index in [0.717, 1.165) is 38.6 Å². The summed E-state index contributed by atoms with van der Waals surface area (Å²) in [5.74, 6) is 0.261. The van der Waals surface area contributed by atoms with Crippen LogP contribution in [0.15, 0.2) is 18.2 Å². The van der Waals surface area contributed by atoms with Gasteiger partial charge in [0.05, 0.1) is 6.04 Å². The number of nitrogens with zero attached hydrogens (tertiary/aromatic N) is 1. The van der Waals surface area contributed by atoms with E-state index in [2.05, 4.69) is 54.7 Å². The predicted octanol–water partition coefficient (Wildman–Crippen LogP) is 3.00. The second kappa shape index (κ2) is 7.02. The van der Waals surface area contributed by atoms with Crippen molar-refractivity contribution in [3.63, 3.8) is 0 Å². The SMILES string of the molecule is CCCC1CC(C(=O)N2CCCC2c2ccc(C)c(C)c2)NN1. The third kappa shape index (κ3) is 3.43. The van der Waals surface area contributed by atoms with Crippen molar-refractivity contribution in [3.05, 3.63) is 34.9 Å². The van der Waals surface area contributed by atoms with E-state index in [-0.39, 0.29) is 18.0 Å². The Morgan fingerprint density at radius 3 is 2.83 bits per heavy atom. The molecule has 0 saturated carbocycles. The Labute approximate surface area is 139 Å². The number of benzene rings is 1. The van der Waals surface area contributed by atoms with Crippen LogP contribution in [-0.4, -0.2) is 29.4 Å². The Morgan fingerprint density at radius 1 is 1.26 bits per heavy atom. The summed E-state index contributed by atoms with van der Waals surface area (Å²) in [5.41, 5.74) is 10.4. The first-order chi connectivity index (χ1) is 11.1. The molecular weight excluding hydrogens is 286 g/mol. The van der Waals surface area contributed by atoms with Gasteiger partial charge in [-0.3, -0.25) is 10.2 Å². The molecule has 1 aromatic carbocycles. The number of aryl methyl sites for hydroxylation is 2. The Hall–Kier alpha value is -1.39. The first-order valence-electron chi connectivity index (χ1n) is 8.98. The Kier molecular flexibility index (Phi) is 5.02. The third-order valence-corrected chi connectivity index (χ3v) is 5.37. The molecule has 2 aliphatic heterocycles. The highest BCUT2D eigenvalue weighted by atomic mass is 16.2. The van der Waals surface area contributed by atoms with Gasteiger partial charge in [0.25, 0.3) is 0 Å². The van der Waals surface area contributed by atoms with Crippen LogP contribution < -0.4 is 10.9 Å². The summed E-state index contributed by atoms with van der Waals surface area (Å²) in [5, 5.41) is 0. The van der Waals surface area contributed by atoms with Crippen molar-refractivity contribution in [2.75, 3.05) is 6.54 Å². The first kappa shape index (κ1) is 16.5. The zero-order chi connectivity index (χ0) is 16.4. The number of carbonyl (C=O) groups excluding carboxylic acids is 1. The Balaban J connectivity index is 1.71. The monoisotopic (exact) mass is 315 g/mol. The van der Waals surface area contributed by atoms with Crippen molar-refractivity contribution in [1.82, 2.24) is 15.8 Å². The minimum Gasteiger partial charge on any atom is -0.334 e. The molecule has 3 unspecified atom stereocenters. The summed E-state index contributed by atoms with van der Waals surface area (Å²) in [6.07, 6.45) is 5.35. The fraction of sp³-hybridized carbons (Fsp3) is 0.632. The number of hydrazine groups is 1. The largest absolute Gasteiger partial charge is 0.334 e. The summed E-state index contributed by atoms with van der Waals surface area (Å²) < 4.78 is 0. The zero-order valence-corrected chi connectivity index (χ0v) is 14.6. The van der Waals surface area contributed by atoms with Crippen molar-refractivity contribution in [2.45, 2.75) is 71.0 Å². The minimum absolute atomic E-state index is 0.0707. The number of rotatable bonds is 4. The van der Waals surface area contributed by atoms with Crippen LogP contribution >= 0.6 is 0 Å². The molecule has 2 heterocycles. The van der Waals surface area contributed by atoms with E-state index in [1.165, 1.54) is 16.7 Å². The van der Waals surface area contributed by atoms with E-state index in [1.807, 2.05) is 0 Å². The van der Waals surface area contributed by atoms with Gasteiger partial charge in [-0.2, -0.15) is 0 Å². The van der Waals surface area contributed by atoms with Crippen molar-refractivity contribution < 1.29 is 4.79 Å². The Bertz CT molecular complexity index is 572. The summed E-state index contributed by atoms with van der Waals surface area (Å²) >= 11 is 0. The van der Waals surface area contributed by atoms with Gasteiger partial charge in [0.2, 0.25) is 5.91 Å². The Morgan fingerprint density at radius 2 is 2.09 bits per heavy atom. The molecule has 0 aliphatic carbocycles. The second-order valence-corrected chi connectivity index (χ2v) is 7.10. The van der Waals surface area contributed by atoms with Gasteiger partial charge in [0.1, 0.15) is 6.04 Å². The molecule has 3 atom stereocenters. The normalized spacial score (nSPS) is 27.6. The summed E-state index contributed by atoms with van der Waals surface area (Å²) in [6.45, 7) is 7.36. The minimum atomic E-state index is -0.0707. The molecule has 1 aromatic rings. The number of amides is 1. The molecule has 2 N–H and O–H groups in total. The maximum absolute atomic E-state index is 13.0. The molecule has 0 aromatic heterocycles. The van der Waals surface area contributed by atoms with E-state index >= 15 is 0 Å². The van der Waals surface area contributed by atoms with Crippen LogP contribution in [0.2, 0.25) is 0 Å². The molecule has 3 rings (SSSR count). The van der Waals surface area contributed by atoms with E-state index < -0.39 is 0 Å². The van der Waals surface area contributed by atoms with E-state index in [0.29, 0.717) is 6.04 Å². The van der Waals surface area contributed by atoms with Gasteiger partial charge >= 0.3 is 0 Å². The summed E-state index contributed by atoms with van der Waals surface area (Å²) in [6, 6.07) is 7.23. The number of carbonyl (C=O) groups is 1. The molecule has 4 heteroatoms.